The van der Waals surface area contributed by atoms with Crippen molar-refractivity contribution in [1.29, 1.82) is 0 Å². The zero-order valence-corrected chi connectivity index (χ0v) is 20.9. The number of hydrogen-bond acceptors (Lipinski definition) is 5. The molecule has 0 aliphatic carbocycles. The second-order valence-electron chi connectivity index (χ2n) is 9.57. The van der Waals surface area contributed by atoms with E-state index in [0.717, 1.165) is 18.4 Å². The molecular weight excluding hydrogens is 442 g/mol. The van der Waals surface area contributed by atoms with E-state index in [1.54, 1.807) is 23.1 Å². The SMILES string of the molecule is CCCCN1C(=O)[C@@]2(C(=C(O)c3ccc(C)cc3)C(=O)C(=O)N2CCCN(C)C)c2ccccc21. The molecule has 2 aromatic rings. The maximum atomic E-state index is 14.3. The number of benzene rings is 2. The molecule has 184 valence electrons. The number of anilines is 1. The number of amides is 2. The number of carbonyl (C=O) groups is 3. The quantitative estimate of drug-likeness (QED) is 0.358. The molecular formula is C28H33N3O4. The van der Waals surface area contributed by atoms with Crippen molar-refractivity contribution in [3.8, 4) is 0 Å². The second kappa shape index (κ2) is 9.66. The summed E-state index contributed by atoms with van der Waals surface area (Å²) >= 11 is 0. The Morgan fingerprint density at radius 3 is 2.31 bits per heavy atom. The molecule has 2 heterocycles. The zero-order chi connectivity index (χ0) is 25.3. The molecule has 1 spiro atoms. The first-order valence-electron chi connectivity index (χ1n) is 12.2. The van der Waals surface area contributed by atoms with Crippen LogP contribution in [0.5, 0.6) is 0 Å². The van der Waals surface area contributed by atoms with Crippen molar-refractivity contribution in [3.63, 3.8) is 0 Å². The summed E-state index contributed by atoms with van der Waals surface area (Å²) in [5.74, 6) is -2.25. The van der Waals surface area contributed by atoms with Gasteiger partial charge in [-0.05, 0) is 46.5 Å². The molecule has 7 heteroatoms. The van der Waals surface area contributed by atoms with Crippen molar-refractivity contribution < 1.29 is 19.5 Å². The maximum absolute atomic E-state index is 14.3. The number of rotatable bonds is 8. The normalized spacial score (nSPS) is 21.0. The lowest BCUT2D eigenvalue weighted by molar-refractivity contribution is -0.143. The summed E-state index contributed by atoms with van der Waals surface area (Å²) in [6.45, 7) is 5.35. The van der Waals surface area contributed by atoms with Crippen LogP contribution in [0.15, 0.2) is 54.1 Å². The molecule has 35 heavy (non-hydrogen) atoms. The Bertz CT molecular complexity index is 1180. The number of Topliss-reactive ketones (excluding diaryl/α,β-unsaturated/α-hetero) is 1. The van der Waals surface area contributed by atoms with Crippen LogP contribution in [0, 0.1) is 6.92 Å². The van der Waals surface area contributed by atoms with E-state index in [0.29, 0.717) is 36.3 Å². The molecule has 4 rings (SSSR count). The van der Waals surface area contributed by atoms with Gasteiger partial charge in [0.25, 0.3) is 17.6 Å². The van der Waals surface area contributed by atoms with Gasteiger partial charge in [0, 0.05) is 24.2 Å². The topological polar surface area (TPSA) is 81.2 Å². The number of hydrogen-bond donors (Lipinski definition) is 1. The van der Waals surface area contributed by atoms with Crippen LogP contribution in [-0.2, 0) is 19.9 Å². The summed E-state index contributed by atoms with van der Waals surface area (Å²) in [5, 5.41) is 11.5. The van der Waals surface area contributed by atoms with Crippen molar-refractivity contribution in [2.75, 3.05) is 38.6 Å². The number of ketones is 1. The first kappa shape index (κ1) is 24.7. The lowest BCUT2D eigenvalue weighted by atomic mass is 9.81. The van der Waals surface area contributed by atoms with Gasteiger partial charge < -0.3 is 19.8 Å². The van der Waals surface area contributed by atoms with Crippen molar-refractivity contribution in [2.45, 2.75) is 38.6 Å². The highest BCUT2D eigenvalue weighted by Gasteiger charge is 2.66. The van der Waals surface area contributed by atoms with E-state index in [9.17, 15) is 19.5 Å². The predicted molar refractivity (Wildman–Crippen MR) is 136 cm³/mol. The highest BCUT2D eigenvalue weighted by atomic mass is 16.3. The Kier molecular flexibility index (Phi) is 6.81. The standard InChI is InChI=1S/C28H33N3O4/c1-5-6-17-30-22-11-8-7-10-21(22)28(27(30)35)23(24(32)20-14-12-19(2)13-15-20)25(33)26(34)31(28)18-9-16-29(3)4/h7-8,10-15,32H,5-6,9,16-18H2,1-4H3/t28-/m0/s1. The predicted octanol–water partition coefficient (Wildman–Crippen LogP) is 3.67. The third-order valence-electron chi connectivity index (χ3n) is 6.86. The van der Waals surface area contributed by atoms with Gasteiger partial charge in [-0.1, -0.05) is 61.4 Å². The smallest absolute Gasteiger partial charge is 0.296 e. The molecule has 0 bridgehead atoms. The number of carbonyl (C=O) groups excluding carboxylic acids is 3. The molecule has 0 aromatic heterocycles. The second-order valence-corrected chi connectivity index (χ2v) is 9.57. The number of fused-ring (bicyclic) bond motifs is 2. The van der Waals surface area contributed by atoms with Gasteiger partial charge in [-0.25, -0.2) is 0 Å². The fraction of sp³-hybridized carbons (Fsp3) is 0.393. The van der Waals surface area contributed by atoms with Gasteiger partial charge in [0.1, 0.15) is 5.76 Å². The van der Waals surface area contributed by atoms with Crippen molar-refractivity contribution >= 4 is 29.0 Å². The molecule has 2 aliphatic heterocycles. The number of nitrogens with zero attached hydrogens (tertiary/aromatic N) is 3. The maximum Gasteiger partial charge on any atom is 0.296 e. The molecule has 1 fully saturated rings. The minimum atomic E-state index is -1.68. The average molecular weight is 476 g/mol. The summed E-state index contributed by atoms with van der Waals surface area (Å²) < 4.78 is 0. The lowest BCUT2D eigenvalue weighted by Gasteiger charge is -2.34. The molecule has 2 amide bonds. The molecule has 1 saturated heterocycles. The molecule has 7 nitrogen and oxygen atoms in total. The third kappa shape index (κ3) is 3.93. The van der Waals surface area contributed by atoms with Crippen LogP contribution < -0.4 is 4.90 Å². The number of likely N-dealkylation sites (tertiary alicyclic amines) is 1. The van der Waals surface area contributed by atoms with Crippen LogP contribution in [0.4, 0.5) is 5.69 Å². The number of unbranched alkanes of at least 4 members (excludes halogenated alkanes) is 1. The van der Waals surface area contributed by atoms with E-state index in [1.165, 1.54) is 4.90 Å². The Morgan fingerprint density at radius 2 is 1.66 bits per heavy atom. The largest absolute Gasteiger partial charge is 0.507 e. The summed E-state index contributed by atoms with van der Waals surface area (Å²) in [7, 11) is 3.87. The third-order valence-corrected chi connectivity index (χ3v) is 6.86. The minimum Gasteiger partial charge on any atom is -0.507 e. The Balaban J connectivity index is 1.97. The van der Waals surface area contributed by atoms with Crippen LogP contribution in [0.25, 0.3) is 5.76 Å². The monoisotopic (exact) mass is 475 g/mol. The van der Waals surface area contributed by atoms with Gasteiger partial charge in [-0.15, -0.1) is 0 Å². The highest BCUT2D eigenvalue weighted by Crippen LogP contribution is 2.53. The van der Waals surface area contributed by atoms with Crippen LogP contribution in [0.2, 0.25) is 0 Å². The lowest BCUT2D eigenvalue weighted by Crippen LogP contribution is -2.52. The molecule has 1 atom stereocenters. The first-order valence-corrected chi connectivity index (χ1v) is 12.2. The van der Waals surface area contributed by atoms with Crippen molar-refractivity contribution in [1.82, 2.24) is 9.80 Å². The van der Waals surface area contributed by atoms with Gasteiger partial charge in [-0.2, -0.15) is 0 Å². The molecule has 2 aromatic carbocycles. The fourth-order valence-corrected chi connectivity index (χ4v) is 5.11. The number of aliphatic hydroxyl groups excluding tert-OH is 1. The van der Waals surface area contributed by atoms with E-state index in [4.69, 9.17) is 0 Å². The molecule has 0 saturated carbocycles. The summed E-state index contributed by atoms with van der Waals surface area (Å²) in [6, 6.07) is 14.4. The van der Waals surface area contributed by atoms with Gasteiger partial charge in [-0.3, -0.25) is 14.4 Å². The minimum absolute atomic E-state index is 0.146. The van der Waals surface area contributed by atoms with Crippen molar-refractivity contribution in [2.24, 2.45) is 0 Å². The summed E-state index contributed by atoms with van der Waals surface area (Å²) in [5.41, 5.74) is 0.818. The summed E-state index contributed by atoms with van der Waals surface area (Å²) in [4.78, 5) is 46.4. The Labute approximate surface area is 206 Å². The van der Waals surface area contributed by atoms with Crippen LogP contribution in [0.1, 0.15) is 42.9 Å². The zero-order valence-electron chi connectivity index (χ0n) is 20.9. The molecule has 0 unspecified atom stereocenters. The van der Waals surface area contributed by atoms with E-state index in [1.807, 2.05) is 63.2 Å². The summed E-state index contributed by atoms with van der Waals surface area (Å²) in [6.07, 6.45) is 2.25. The highest BCUT2D eigenvalue weighted by molar-refractivity contribution is 6.50. The fourth-order valence-electron chi connectivity index (χ4n) is 5.11. The molecule has 1 N–H and O–H groups in total. The van der Waals surface area contributed by atoms with Crippen LogP contribution >= 0.6 is 0 Å². The molecule has 0 radical (unpaired) electrons. The van der Waals surface area contributed by atoms with E-state index < -0.39 is 17.2 Å². The van der Waals surface area contributed by atoms with Crippen molar-refractivity contribution in [3.05, 3.63) is 70.8 Å². The first-order chi connectivity index (χ1) is 16.7. The Hall–Kier alpha value is -3.45. The average Bonchev–Trinajstić information content (AvgIpc) is 3.21. The Morgan fingerprint density at radius 1 is 0.971 bits per heavy atom. The van der Waals surface area contributed by atoms with Gasteiger partial charge >= 0.3 is 0 Å². The van der Waals surface area contributed by atoms with Crippen LogP contribution in [0.3, 0.4) is 0 Å². The number of aryl methyl sites for hydroxylation is 1. The van der Waals surface area contributed by atoms with Crippen LogP contribution in [-0.4, -0.2) is 66.2 Å². The van der Waals surface area contributed by atoms with E-state index in [2.05, 4.69) is 0 Å². The van der Waals surface area contributed by atoms with Gasteiger partial charge in [0.2, 0.25) is 0 Å². The van der Waals surface area contributed by atoms with Gasteiger partial charge in [0.05, 0.1) is 11.3 Å². The van der Waals surface area contributed by atoms with Gasteiger partial charge in [0.15, 0.2) is 5.54 Å². The molecule has 2 aliphatic rings. The number of aliphatic hydroxyl groups is 1. The van der Waals surface area contributed by atoms with E-state index >= 15 is 0 Å². The van der Waals surface area contributed by atoms with E-state index in [-0.39, 0.29) is 23.8 Å². The number of para-hydroxylation sites is 1.